The van der Waals surface area contributed by atoms with Crippen molar-refractivity contribution in [1.82, 2.24) is 14.8 Å². The van der Waals surface area contributed by atoms with Crippen LogP contribution in [-0.2, 0) is 4.79 Å². The van der Waals surface area contributed by atoms with E-state index in [1.54, 1.807) is 23.1 Å². The Hall–Kier alpha value is -2.56. The number of hydrogen-bond donors (Lipinski definition) is 0. The van der Waals surface area contributed by atoms with Gasteiger partial charge in [-0.05, 0) is 55.0 Å². The summed E-state index contributed by atoms with van der Waals surface area (Å²) in [7, 11) is 0. The monoisotopic (exact) mass is 309 g/mol. The number of fused-ring (bicyclic) bond motifs is 1. The Morgan fingerprint density at radius 2 is 2.13 bits per heavy atom. The van der Waals surface area contributed by atoms with Crippen molar-refractivity contribution in [3.63, 3.8) is 0 Å². The van der Waals surface area contributed by atoms with E-state index < -0.39 is 0 Å². The van der Waals surface area contributed by atoms with Gasteiger partial charge in [-0.3, -0.25) is 9.67 Å². The zero-order chi connectivity index (χ0) is 16.0. The largest absolute Gasteiger partial charge is 0.301 e. The third-order valence-corrected chi connectivity index (χ3v) is 4.47. The van der Waals surface area contributed by atoms with Crippen LogP contribution >= 0.6 is 0 Å². The van der Waals surface area contributed by atoms with Crippen molar-refractivity contribution >= 4 is 17.3 Å². The second-order valence-electron chi connectivity index (χ2n) is 6.14. The number of carbonyl (C=O) groups is 1. The van der Waals surface area contributed by atoms with E-state index in [0.29, 0.717) is 5.92 Å². The number of halogens is 1. The molecule has 0 spiro atoms. The number of pyridine rings is 1. The number of benzene rings is 1. The average molecular weight is 309 g/mol. The molecule has 0 saturated heterocycles. The van der Waals surface area contributed by atoms with Crippen molar-refractivity contribution in [2.45, 2.75) is 25.8 Å². The minimum absolute atomic E-state index is 0.223. The maximum Gasteiger partial charge on any atom is 0.144 e. The Morgan fingerprint density at radius 3 is 2.83 bits per heavy atom. The molecule has 1 fully saturated rings. The number of aryl methyl sites for hydroxylation is 1. The van der Waals surface area contributed by atoms with E-state index in [4.69, 9.17) is 0 Å². The molecule has 0 amide bonds. The molecule has 1 saturated carbocycles. The highest BCUT2D eigenvalue weighted by Gasteiger charge is 2.33. The van der Waals surface area contributed by atoms with Crippen molar-refractivity contribution in [3.8, 4) is 11.1 Å². The first-order valence-electron chi connectivity index (χ1n) is 7.72. The zero-order valence-corrected chi connectivity index (χ0v) is 12.7. The fourth-order valence-electron chi connectivity index (χ4n) is 3.07. The second-order valence-corrected chi connectivity index (χ2v) is 6.14. The van der Waals surface area contributed by atoms with E-state index in [1.165, 1.54) is 12.1 Å². The molecule has 2 aromatic heterocycles. The Labute approximate surface area is 133 Å². The summed E-state index contributed by atoms with van der Waals surface area (Å²) in [6.07, 6.45) is 6.56. The van der Waals surface area contributed by atoms with Crippen LogP contribution in [0.4, 0.5) is 4.39 Å². The number of aldehydes is 1. The summed E-state index contributed by atoms with van der Waals surface area (Å²) in [6.45, 7) is 1.87. The molecule has 0 aliphatic heterocycles. The summed E-state index contributed by atoms with van der Waals surface area (Å²) in [5.74, 6) is 0.131. The van der Waals surface area contributed by atoms with Gasteiger partial charge in [0.2, 0.25) is 0 Å². The number of carbonyl (C=O) groups excluding carboxylic acids is 1. The Morgan fingerprint density at radius 1 is 1.30 bits per heavy atom. The maximum atomic E-state index is 13.3. The molecule has 5 heteroatoms. The third kappa shape index (κ3) is 2.42. The van der Waals surface area contributed by atoms with E-state index in [0.717, 1.165) is 46.9 Å². The second kappa shape index (κ2) is 5.26. The van der Waals surface area contributed by atoms with Crippen molar-refractivity contribution in [2.24, 2.45) is 5.92 Å². The van der Waals surface area contributed by atoms with Crippen LogP contribution in [0.5, 0.6) is 0 Å². The smallest absolute Gasteiger partial charge is 0.144 e. The Bertz CT molecular complexity index is 898. The molecule has 0 N–H and O–H groups in total. The van der Waals surface area contributed by atoms with Crippen molar-refractivity contribution < 1.29 is 9.18 Å². The summed E-state index contributed by atoms with van der Waals surface area (Å²) in [6, 6.07) is 6.47. The van der Waals surface area contributed by atoms with Crippen LogP contribution in [0.2, 0.25) is 0 Å². The van der Waals surface area contributed by atoms with Gasteiger partial charge < -0.3 is 4.79 Å². The summed E-state index contributed by atoms with van der Waals surface area (Å²) >= 11 is 0. The van der Waals surface area contributed by atoms with Crippen molar-refractivity contribution in [3.05, 3.63) is 48.0 Å². The predicted octanol–water partition coefficient (Wildman–Crippen LogP) is 3.70. The lowest BCUT2D eigenvalue weighted by molar-refractivity contribution is -0.111. The molecular formula is C18H16FN3O. The van der Waals surface area contributed by atoms with Crippen LogP contribution < -0.4 is 0 Å². The minimum Gasteiger partial charge on any atom is -0.301 e. The van der Waals surface area contributed by atoms with E-state index >= 15 is 0 Å². The highest BCUT2D eigenvalue weighted by atomic mass is 19.1. The molecule has 0 bridgehead atoms. The van der Waals surface area contributed by atoms with Crippen LogP contribution in [-0.4, -0.2) is 21.1 Å². The molecule has 23 heavy (non-hydrogen) atoms. The average Bonchev–Trinajstić information content (AvgIpc) is 3.29. The van der Waals surface area contributed by atoms with Crippen LogP contribution in [0.1, 0.15) is 24.4 Å². The first kappa shape index (κ1) is 14.1. The molecule has 116 valence electrons. The van der Waals surface area contributed by atoms with E-state index in [9.17, 15) is 9.18 Å². The van der Waals surface area contributed by atoms with Crippen LogP contribution in [0, 0.1) is 18.7 Å². The molecule has 4 rings (SSSR count). The molecular weight excluding hydrogens is 293 g/mol. The third-order valence-electron chi connectivity index (χ3n) is 4.47. The fourth-order valence-corrected chi connectivity index (χ4v) is 3.07. The van der Waals surface area contributed by atoms with Gasteiger partial charge >= 0.3 is 0 Å². The van der Waals surface area contributed by atoms with Crippen LogP contribution in [0.15, 0.2) is 36.7 Å². The maximum absolute atomic E-state index is 13.3. The topological polar surface area (TPSA) is 47.8 Å². The molecule has 0 radical (unpaired) electrons. The molecule has 1 aromatic carbocycles. The van der Waals surface area contributed by atoms with Gasteiger partial charge in [0, 0.05) is 11.8 Å². The molecule has 0 unspecified atom stereocenters. The first-order valence-corrected chi connectivity index (χ1v) is 7.72. The van der Waals surface area contributed by atoms with Gasteiger partial charge in [0.1, 0.15) is 23.7 Å². The summed E-state index contributed by atoms with van der Waals surface area (Å²) in [4.78, 5) is 15.9. The standard InChI is InChI=1S/C18H16FN3O/c1-11-6-14(19)4-5-15(11)13-7-17-16(20-8-13)9-21-22(17)18(10-23)12-2-3-12/h4-10,12,18H,2-3H2,1H3/t18-/m1/s1. The molecule has 3 aromatic rings. The molecule has 2 heterocycles. The molecule has 1 aliphatic rings. The van der Waals surface area contributed by atoms with E-state index in [2.05, 4.69) is 10.1 Å². The number of hydrogen-bond acceptors (Lipinski definition) is 3. The van der Waals surface area contributed by atoms with Gasteiger partial charge in [0.15, 0.2) is 0 Å². The molecule has 1 atom stereocenters. The van der Waals surface area contributed by atoms with Gasteiger partial charge in [0.05, 0.1) is 11.7 Å². The summed E-state index contributed by atoms with van der Waals surface area (Å²) in [5, 5.41) is 4.36. The summed E-state index contributed by atoms with van der Waals surface area (Å²) < 4.78 is 15.1. The summed E-state index contributed by atoms with van der Waals surface area (Å²) in [5.41, 5.74) is 4.29. The van der Waals surface area contributed by atoms with E-state index in [-0.39, 0.29) is 11.9 Å². The SMILES string of the molecule is Cc1cc(F)ccc1-c1cnc2cnn([C@H](C=O)C3CC3)c2c1. The number of rotatable bonds is 4. The number of nitrogens with zero attached hydrogens (tertiary/aromatic N) is 3. The highest BCUT2D eigenvalue weighted by molar-refractivity contribution is 5.82. The van der Waals surface area contributed by atoms with E-state index in [1.807, 2.05) is 13.0 Å². The van der Waals surface area contributed by atoms with Crippen molar-refractivity contribution in [2.75, 3.05) is 0 Å². The predicted molar refractivity (Wildman–Crippen MR) is 85.5 cm³/mol. The number of aromatic nitrogens is 3. The quantitative estimate of drug-likeness (QED) is 0.690. The Balaban J connectivity index is 1.84. The molecule has 4 nitrogen and oxygen atoms in total. The minimum atomic E-state index is -0.250. The Kier molecular flexibility index (Phi) is 3.22. The zero-order valence-electron chi connectivity index (χ0n) is 12.7. The molecule has 1 aliphatic carbocycles. The van der Waals surface area contributed by atoms with Crippen molar-refractivity contribution in [1.29, 1.82) is 0 Å². The highest BCUT2D eigenvalue weighted by Crippen LogP contribution is 2.39. The van der Waals surface area contributed by atoms with Crippen LogP contribution in [0.25, 0.3) is 22.2 Å². The van der Waals surface area contributed by atoms with Gasteiger partial charge in [-0.1, -0.05) is 6.07 Å². The lowest BCUT2D eigenvalue weighted by atomic mass is 10.0. The lowest BCUT2D eigenvalue weighted by Crippen LogP contribution is -2.13. The van der Waals surface area contributed by atoms with Gasteiger partial charge in [0.25, 0.3) is 0 Å². The first-order chi connectivity index (χ1) is 11.2. The lowest BCUT2D eigenvalue weighted by Gasteiger charge is -2.12. The van der Waals surface area contributed by atoms with Crippen LogP contribution in [0.3, 0.4) is 0 Å². The van der Waals surface area contributed by atoms with Gasteiger partial charge in [-0.15, -0.1) is 0 Å². The van der Waals surface area contributed by atoms with Gasteiger partial charge in [-0.25, -0.2) is 4.39 Å². The van der Waals surface area contributed by atoms with Gasteiger partial charge in [-0.2, -0.15) is 5.10 Å². The fraction of sp³-hybridized carbons (Fsp3) is 0.278. The normalized spacial score (nSPS) is 15.7.